The van der Waals surface area contributed by atoms with Crippen molar-refractivity contribution in [3.63, 3.8) is 0 Å². The van der Waals surface area contributed by atoms with Crippen molar-refractivity contribution in [1.82, 2.24) is 14.7 Å². The summed E-state index contributed by atoms with van der Waals surface area (Å²) in [6.45, 7) is 5.16. The van der Waals surface area contributed by atoms with Gasteiger partial charge in [-0.25, -0.2) is 4.79 Å². The molecule has 27 heavy (non-hydrogen) atoms. The molecule has 0 bridgehead atoms. The van der Waals surface area contributed by atoms with Gasteiger partial charge in [-0.15, -0.1) is 0 Å². The molecule has 0 saturated carbocycles. The van der Waals surface area contributed by atoms with E-state index in [0.29, 0.717) is 0 Å². The number of rotatable bonds is 6. The Morgan fingerprint density at radius 3 is 2.70 bits per heavy atom. The number of carbonyl (C=O) groups is 1. The minimum absolute atomic E-state index is 0.139. The van der Waals surface area contributed by atoms with Crippen molar-refractivity contribution in [3.05, 3.63) is 36.1 Å². The Hall–Kier alpha value is -2.05. The van der Waals surface area contributed by atoms with Crippen LogP contribution in [0, 0.1) is 0 Å². The summed E-state index contributed by atoms with van der Waals surface area (Å²) < 4.78 is 11.8. The lowest BCUT2D eigenvalue weighted by molar-refractivity contribution is -0.00251. The van der Waals surface area contributed by atoms with Crippen molar-refractivity contribution in [2.24, 2.45) is 0 Å². The van der Waals surface area contributed by atoms with E-state index < -0.39 is 0 Å². The van der Waals surface area contributed by atoms with Crippen molar-refractivity contribution >= 4 is 17.1 Å². The number of nitrogens with zero attached hydrogens (tertiary/aromatic N) is 3. The number of piperidine rings is 1. The van der Waals surface area contributed by atoms with E-state index in [-0.39, 0.29) is 11.7 Å². The van der Waals surface area contributed by atoms with Crippen LogP contribution in [0.2, 0.25) is 0 Å². The predicted octanol–water partition coefficient (Wildman–Crippen LogP) is 3.17. The quantitative estimate of drug-likeness (QED) is 0.781. The molecule has 0 aliphatic carbocycles. The first-order valence-corrected chi connectivity index (χ1v) is 9.85. The molecule has 0 radical (unpaired) electrons. The summed E-state index contributed by atoms with van der Waals surface area (Å²) in [5.74, 6) is 1.00. The van der Waals surface area contributed by atoms with Gasteiger partial charge < -0.3 is 19.0 Å². The third-order valence-electron chi connectivity index (χ3n) is 5.70. The second-order valence-corrected chi connectivity index (χ2v) is 8.16. The smallest absolute Gasteiger partial charge is 0.410 e. The maximum absolute atomic E-state index is 12.3. The number of hydrogen-bond donors (Lipinski definition) is 0. The number of carbonyl (C=O) groups excluding carboxylic acids is 1. The summed E-state index contributed by atoms with van der Waals surface area (Å²) in [7, 11) is 4.11. The van der Waals surface area contributed by atoms with Crippen LogP contribution >= 0.6 is 0 Å². The topological polar surface area (TPSA) is 49.2 Å². The van der Waals surface area contributed by atoms with Gasteiger partial charge in [0, 0.05) is 37.9 Å². The van der Waals surface area contributed by atoms with E-state index in [0.717, 1.165) is 75.3 Å². The second kappa shape index (κ2) is 7.52. The molecular formula is C21H29N3O3. The van der Waals surface area contributed by atoms with Crippen LogP contribution in [0.4, 0.5) is 4.79 Å². The van der Waals surface area contributed by atoms with Gasteiger partial charge in [0.15, 0.2) is 0 Å². The largest absolute Gasteiger partial charge is 0.460 e. The zero-order chi connectivity index (χ0) is 18.9. The molecule has 6 nitrogen and oxygen atoms in total. The minimum Gasteiger partial charge on any atom is -0.460 e. The van der Waals surface area contributed by atoms with Crippen LogP contribution in [0.25, 0.3) is 11.0 Å². The lowest BCUT2D eigenvalue weighted by atomic mass is 9.91. The molecule has 0 atom stereocenters. The van der Waals surface area contributed by atoms with E-state index in [1.165, 1.54) is 0 Å². The molecule has 2 fully saturated rings. The van der Waals surface area contributed by atoms with Crippen molar-refractivity contribution < 1.29 is 13.9 Å². The van der Waals surface area contributed by atoms with Crippen LogP contribution in [0.1, 0.15) is 25.0 Å². The molecule has 2 aromatic rings. The second-order valence-electron chi connectivity index (χ2n) is 8.16. The minimum atomic E-state index is -0.292. The summed E-state index contributed by atoms with van der Waals surface area (Å²) >= 11 is 0. The van der Waals surface area contributed by atoms with E-state index in [4.69, 9.17) is 9.15 Å². The van der Waals surface area contributed by atoms with Crippen molar-refractivity contribution in [3.8, 4) is 0 Å². The van der Waals surface area contributed by atoms with Gasteiger partial charge in [-0.05, 0) is 39.2 Å². The van der Waals surface area contributed by atoms with E-state index in [1.807, 2.05) is 23.1 Å². The van der Waals surface area contributed by atoms with Gasteiger partial charge in [-0.2, -0.15) is 0 Å². The van der Waals surface area contributed by atoms with Crippen LogP contribution in [0.5, 0.6) is 0 Å². The first-order valence-electron chi connectivity index (χ1n) is 9.85. The Bertz CT molecular complexity index is 760. The summed E-state index contributed by atoms with van der Waals surface area (Å²) in [4.78, 5) is 18.7. The molecule has 6 heteroatoms. The maximum atomic E-state index is 12.3. The highest BCUT2D eigenvalue weighted by atomic mass is 16.6. The average Bonchev–Trinajstić information content (AvgIpc) is 3.17. The molecule has 1 aromatic carbocycles. The molecule has 4 rings (SSSR count). The van der Waals surface area contributed by atoms with E-state index in [9.17, 15) is 4.79 Å². The first kappa shape index (κ1) is 18.3. The number of benzene rings is 1. The summed E-state index contributed by atoms with van der Waals surface area (Å²) in [5.41, 5.74) is 0.651. The fourth-order valence-electron chi connectivity index (χ4n) is 4.16. The Morgan fingerprint density at radius 2 is 1.96 bits per heavy atom. The summed E-state index contributed by atoms with van der Waals surface area (Å²) in [6, 6.07) is 10.2. The first-order chi connectivity index (χ1) is 13.0. The third-order valence-corrected chi connectivity index (χ3v) is 5.70. The fourth-order valence-corrected chi connectivity index (χ4v) is 4.16. The van der Waals surface area contributed by atoms with Crippen LogP contribution in [0.3, 0.4) is 0 Å². The number of furan rings is 1. The molecule has 2 aliphatic rings. The van der Waals surface area contributed by atoms with Crippen LogP contribution in [-0.4, -0.2) is 73.2 Å². The molecule has 0 N–H and O–H groups in total. The fraction of sp³-hybridized carbons (Fsp3) is 0.571. The Morgan fingerprint density at radius 1 is 1.19 bits per heavy atom. The molecule has 2 aliphatic heterocycles. The van der Waals surface area contributed by atoms with Crippen LogP contribution in [0.15, 0.2) is 34.7 Å². The predicted molar refractivity (Wildman–Crippen MR) is 105 cm³/mol. The number of ether oxygens (including phenoxy) is 1. The van der Waals surface area contributed by atoms with Crippen molar-refractivity contribution in [2.45, 2.75) is 31.4 Å². The number of amides is 1. The molecule has 1 spiro atoms. The van der Waals surface area contributed by atoms with E-state index in [1.54, 1.807) is 0 Å². The maximum Gasteiger partial charge on any atom is 0.410 e. The van der Waals surface area contributed by atoms with E-state index >= 15 is 0 Å². The molecule has 3 heterocycles. The van der Waals surface area contributed by atoms with Gasteiger partial charge in [0.2, 0.25) is 0 Å². The number of para-hydroxylation sites is 1. The average molecular weight is 371 g/mol. The van der Waals surface area contributed by atoms with E-state index in [2.05, 4.69) is 36.0 Å². The monoisotopic (exact) mass is 371 g/mol. The zero-order valence-electron chi connectivity index (χ0n) is 16.3. The molecule has 1 aromatic heterocycles. The highest BCUT2D eigenvalue weighted by Gasteiger charge is 2.46. The SMILES string of the molecule is CN(C)CCCN1CC2(CCN(Cc3cc4ccccc4o3)CC2)OC1=O. The summed E-state index contributed by atoms with van der Waals surface area (Å²) in [5, 5.41) is 1.15. The Balaban J connectivity index is 1.30. The van der Waals surface area contributed by atoms with Crippen molar-refractivity contribution in [2.75, 3.05) is 46.8 Å². The van der Waals surface area contributed by atoms with Gasteiger partial charge in [0.05, 0.1) is 13.1 Å². The number of hydrogen-bond acceptors (Lipinski definition) is 5. The molecule has 0 unspecified atom stereocenters. The van der Waals surface area contributed by atoms with Gasteiger partial charge in [-0.1, -0.05) is 18.2 Å². The van der Waals surface area contributed by atoms with Gasteiger partial charge in [0.1, 0.15) is 16.9 Å². The number of likely N-dealkylation sites (tertiary alicyclic amines) is 1. The molecule has 2 saturated heterocycles. The Kier molecular flexibility index (Phi) is 5.10. The normalized spacial score (nSPS) is 20.1. The Labute approximate surface area is 160 Å². The van der Waals surface area contributed by atoms with Crippen molar-refractivity contribution in [1.29, 1.82) is 0 Å². The molecule has 146 valence electrons. The lowest BCUT2D eigenvalue weighted by Crippen LogP contribution is -2.46. The van der Waals surface area contributed by atoms with Gasteiger partial charge >= 0.3 is 6.09 Å². The molecule has 1 amide bonds. The highest BCUT2D eigenvalue weighted by molar-refractivity contribution is 5.77. The van der Waals surface area contributed by atoms with Gasteiger partial charge in [-0.3, -0.25) is 4.90 Å². The van der Waals surface area contributed by atoms with Gasteiger partial charge in [0.25, 0.3) is 0 Å². The third kappa shape index (κ3) is 4.12. The summed E-state index contributed by atoms with van der Waals surface area (Å²) in [6.07, 6.45) is 2.63. The van der Waals surface area contributed by atoms with Crippen LogP contribution in [-0.2, 0) is 11.3 Å². The number of fused-ring (bicyclic) bond motifs is 1. The standard InChI is InChI=1S/C21H29N3O3/c1-22(2)10-5-11-24-16-21(27-20(24)25)8-12-23(13-9-21)15-18-14-17-6-3-4-7-19(17)26-18/h3-4,6-7,14H,5,8-13,15-16H2,1-2H3. The lowest BCUT2D eigenvalue weighted by Gasteiger charge is -2.37. The molecular weight excluding hydrogens is 342 g/mol. The van der Waals surface area contributed by atoms with Crippen LogP contribution < -0.4 is 0 Å². The zero-order valence-corrected chi connectivity index (χ0v) is 16.3. The highest BCUT2D eigenvalue weighted by Crippen LogP contribution is 2.34.